The Morgan fingerprint density at radius 1 is 1.13 bits per heavy atom. The lowest BCUT2D eigenvalue weighted by molar-refractivity contribution is -0.120. The molecule has 0 radical (unpaired) electrons. The first-order valence-corrected chi connectivity index (χ1v) is 7.54. The summed E-state index contributed by atoms with van der Waals surface area (Å²) in [7, 11) is 3.18. The quantitative estimate of drug-likeness (QED) is 0.631. The number of nitrogens with one attached hydrogen (secondary N) is 2. The molecule has 23 heavy (non-hydrogen) atoms. The summed E-state index contributed by atoms with van der Waals surface area (Å²) in [6.07, 6.45) is 2.57. The molecular formula is C16H25ClN2O4. The van der Waals surface area contributed by atoms with Gasteiger partial charge in [-0.05, 0) is 25.3 Å². The molecule has 1 saturated carbocycles. The standard InChI is InChI=1S/C16H24N2O4.ClH/c1-20-13-7-14(21-2)9-15(8-13)22-6-5-18-16(19)11-17-10-12-3-4-12;/h7-9,12,17H,3-6,10-11H2,1-2H3,(H,18,19);1H. The second-order valence-corrected chi connectivity index (χ2v) is 5.32. The number of carbonyl (C=O) groups excluding carboxylic acids is 1. The van der Waals surface area contributed by atoms with Crippen LogP contribution in [0.15, 0.2) is 18.2 Å². The summed E-state index contributed by atoms with van der Waals surface area (Å²) in [5, 5.41) is 5.97. The molecule has 1 aliphatic rings. The minimum atomic E-state index is -0.00697. The first-order chi connectivity index (χ1) is 10.7. The van der Waals surface area contributed by atoms with Crippen LogP contribution in [0.1, 0.15) is 12.8 Å². The molecule has 0 atom stereocenters. The molecule has 0 bridgehead atoms. The van der Waals surface area contributed by atoms with E-state index in [2.05, 4.69) is 10.6 Å². The number of amides is 1. The lowest BCUT2D eigenvalue weighted by Gasteiger charge is -2.11. The molecule has 2 N–H and O–H groups in total. The summed E-state index contributed by atoms with van der Waals surface area (Å²) in [6, 6.07) is 5.34. The van der Waals surface area contributed by atoms with Crippen molar-refractivity contribution in [3.63, 3.8) is 0 Å². The topological polar surface area (TPSA) is 68.8 Å². The number of rotatable bonds is 10. The summed E-state index contributed by atoms with van der Waals surface area (Å²) in [5.41, 5.74) is 0. The molecule has 7 heteroatoms. The van der Waals surface area contributed by atoms with E-state index in [0.717, 1.165) is 12.5 Å². The maximum atomic E-state index is 11.6. The SMILES string of the molecule is COc1cc(OC)cc(OCCNC(=O)CNCC2CC2)c1.Cl. The fraction of sp³-hybridized carbons (Fsp3) is 0.562. The van der Waals surface area contributed by atoms with Crippen LogP contribution >= 0.6 is 12.4 Å². The molecule has 6 nitrogen and oxygen atoms in total. The van der Waals surface area contributed by atoms with Crippen LogP contribution in [0.2, 0.25) is 0 Å². The number of halogens is 1. The van der Waals surface area contributed by atoms with Gasteiger partial charge in [-0.25, -0.2) is 0 Å². The van der Waals surface area contributed by atoms with Crippen LogP contribution in [-0.2, 0) is 4.79 Å². The molecule has 1 aliphatic carbocycles. The Bertz CT molecular complexity index is 473. The van der Waals surface area contributed by atoms with Gasteiger partial charge in [-0.3, -0.25) is 4.79 Å². The molecule has 130 valence electrons. The lowest BCUT2D eigenvalue weighted by Crippen LogP contribution is -2.36. The van der Waals surface area contributed by atoms with E-state index in [9.17, 15) is 4.79 Å². The Morgan fingerprint density at radius 3 is 2.30 bits per heavy atom. The van der Waals surface area contributed by atoms with Gasteiger partial charge in [0.2, 0.25) is 5.91 Å². The summed E-state index contributed by atoms with van der Waals surface area (Å²) < 4.78 is 15.9. The molecule has 2 rings (SSSR count). The molecule has 0 heterocycles. The molecule has 1 aromatic rings. The third kappa shape index (κ3) is 7.43. The maximum Gasteiger partial charge on any atom is 0.234 e. The van der Waals surface area contributed by atoms with Crippen LogP contribution in [-0.4, -0.2) is 46.4 Å². The second kappa shape index (κ2) is 10.2. The summed E-state index contributed by atoms with van der Waals surface area (Å²) in [5.74, 6) is 2.76. The van der Waals surface area contributed by atoms with Gasteiger partial charge in [-0.15, -0.1) is 12.4 Å². The lowest BCUT2D eigenvalue weighted by atomic mass is 10.3. The molecule has 0 aromatic heterocycles. The number of ether oxygens (including phenoxy) is 3. The van der Waals surface area contributed by atoms with E-state index in [1.807, 2.05) is 0 Å². The van der Waals surface area contributed by atoms with Gasteiger partial charge < -0.3 is 24.8 Å². The van der Waals surface area contributed by atoms with E-state index in [1.54, 1.807) is 32.4 Å². The van der Waals surface area contributed by atoms with E-state index >= 15 is 0 Å². The van der Waals surface area contributed by atoms with E-state index in [-0.39, 0.29) is 18.3 Å². The van der Waals surface area contributed by atoms with Crippen molar-refractivity contribution in [2.24, 2.45) is 5.92 Å². The zero-order chi connectivity index (χ0) is 15.8. The zero-order valence-corrected chi connectivity index (χ0v) is 14.4. The monoisotopic (exact) mass is 344 g/mol. The van der Waals surface area contributed by atoms with Crippen LogP contribution in [0.25, 0.3) is 0 Å². The van der Waals surface area contributed by atoms with Gasteiger partial charge in [0, 0.05) is 18.2 Å². The Hall–Kier alpha value is -1.66. The number of hydrogen-bond donors (Lipinski definition) is 2. The first kappa shape index (κ1) is 19.4. The van der Waals surface area contributed by atoms with Crippen molar-refractivity contribution in [1.29, 1.82) is 0 Å². The number of hydrogen-bond acceptors (Lipinski definition) is 5. The molecular weight excluding hydrogens is 320 g/mol. The van der Waals surface area contributed by atoms with Crippen molar-refractivity contribution in [2.45, 2.75) is 12.8 Å². The highest BCUT2D eigenvalue weighted by atomic mass is 35.5. The summed E-state index contributed by atoms with van der Waals surface area (Å²) in [4.78, 5) is 11.6. The molecule has 0 saturated heterocycles. The zero-order valence-electron chi connectivity index (χ0n) is 13.6. The highest BCUT2D eigenvalue weighted by Gasteiger charge is 2.20. The second-order valence-electron chi connectivity index (χ2n) is 5.32. The first-order valence-electron chi connectivity index (χ1n) is 7.54. The molecule has 0 unspecified atom stereocenters. The fourth-order valence-electron chi connectivity index (χ4n) is 2.00. The molecule has 1 fully saturated rings. The van der Waals surface area contributed by atoms with Gasteiger partial charge in [0.15, 0.2) is 0 Å². The van der Waals surface area contributed by atoms with Gasteiger partial charge in [-0.2, -0.15) is 0 Å². The van der Waals surface area contributed by atoms with Crippen molar-refractivity contribution in [2.75, 3.05) is 40.5 Å². The predicted octanol–water partition coefficient (Wildman–Crippen LogP) is 1.62. The van der Waals surface area contributed by atoms with Crippen LogP contribution in [0.5, 0.6) is 17.2 Å². The van der Waals surface area contributed by atoms with Crippen LogP contribution in [0.4, 0.5) is 0 Å². The third-order valence-electron chi connectivity index (χ3n) is 3.43. The normalized spacial score (nSPS) is 13.0. The Morgan fingerprint density at radius 2 is 1.74 bits per heavy atom. The maximum absolute atomic E-state index is 11.6. The van der Waals surface area contributed by atoms with Gasteiger partial charge in [0.25, 0.3) is 0 Å². The minimum absolute atomic E-state index is 0. The van der Waals surface area contributed by atoms with Crippen molar-refractivity contribution < 1.29 is 19.0 Å². The average molecular weight is 345 g/mol. The van der Waals surface area contributed by atoms with E-state index in [1.165, 1.54) is 12.8 Å². The van der Waals surface area contributed by atoms with Crippen molar-refractivity contribution in [1.82, 2.24) is 10.6 Å². The smallest absolute Gasteiger partial charge is 0.234 e. The van der Waals surface area contributed by atoms with Gasteiger partial charge in [-0.1, -0.05) is 0 Å². The van der Waals surface area contributed by atoms with Crippen molar-refractivity contribution >= 4 is 18.3 Å². The third-order valence-corrected chi connectivity index (χ3v) is 3.43. The molecule has 1 aromatic carbocycles. The molecule has 0 aliphatic heterocycles. The highest BCUT2D eigenvalue weighted by Crippen LogP contribution is 2.27. The van der Waals surface area contributed by atoms with E-state index in [4.69, 9.17) is 14.2 Å². The van der Waals surface area contributed by atoms with Crippen LogP contribution < -0.4 is 24.8 Å². The highest BCUT2D eigenvalue weighted by molar-refractivity contribution is 5.85. The summed E-state index contributed by atoms with van der Waals surface area (Å²) in [6.45, 7) is 2.16. The van der Waals surface area contributed by atoms with Crippen LogP contribution in [0.3, 0.4) is 0 Å². The largest absolute Gasteiger partial charge is 0.496 e. The van der Waals surface area contributed by atoms with Crippen molar-refractivity contribution in [3.8, 4) is 17.2 Å². The van der Waals surface area contributed by atoms with Gasteiger partial charge >= 0.3 is 0 Å². The predicted molar refractivity (Wildman–Crippen MR) is 90.9 cm³/mol. The van der Waals surface area contributed by atoms with Gasteiger partial charge in [0.05, 0.1) is 27.3 Å². The number of carbonyl (C=O) groups is 1. The summed E-state index contributed by atoms with van der Waals surface area (Å²) >= 11 is 0. The van der Waals surface area contributed by atoms with Gasteiger partial charge in [0.1, 0.15) is 23.9 Å². The molecule has 1 amide bonds. The van der Waals surface area contributed by atoms with Crippen LogP contribution in [0, 0.1) is 5.92 Å². The Balaban J connectivity index is 0.00000264. The van der Waals surface area contributed by atoms with E-state index in [0.29, 0.717) is 36.9 Å². The Kier molecular flexibility index (Phi) is 8.58. The average Bonchev–Trinajstić information content (AvgIpc) is 3.35. The minimum Gasteiger partial charge on any atom is -0.496 e. The fourth-order valence-corrected chi connectivity index (χ4v) is 2.00. The Labute approximate surface area is 143 Å². The van der Waals surface area contributed by atoms with E-state index < -0.39 is 0 Å². The molecule has 0 spiro atoms. The number of benzene rings is 1. The van der Waals surface area contributed by atoms with Crippen molar-refractivity contribution in [3.05, 3.63) is 18.2 Å². The number of methoxy groups -OCH3 is 2.